The quantitative estimate of drug-likeness (QED) is 0.840. The van der Waals surface area contributed by atoms with Crippen molar-refractivity contribution in [2.45, 2.75) is 38.1 Å². The Labute approximate surface area is 124 Å². The molecule has 0 aliphatic heterocycles. The zero-order valence-electron chi connectivity index (χ0n) is 11.5. The van der Waals surface area contributed by atoms with Crippen molar-refractivity contribution in [1.82, 2.24) is 4.90 Å². The Morgan fingerprint density at radius 1 is 1.35 bits per heavy atom. The van der Waals surface area contributed by atoms with E-state index in [9.17, 15) is 9.90 Å². The predicted octanol–water partition coefficient (Wildman–Crippen LogP) is 2.69. The van der Waals surface area contributed by atoms with Crippen molar-refractivity contribution in [3.05, 3.63) is 28.8 Å². The minimum atomic E-state index is -0.0761. The highest BCUT2D eigenvalue weighted by Crippen LogP contribution is 2.25. The summed E-state index contributed by atoms with van der Waals surface area (Å²) in [7, 11) is 0. The van der Waals surface area contributed by atoms with Crippen molar-refractivity contribution in [2.75, 3.05) is 18.9 Å². The minimum Gasteiger partial charge on any atom is -0.398 e. The molecular weight excluding hydrogens is 276 g/mol. The summed E-state index contributed by atoms with van der Waals surface area (Å²) in [5.41, 5.74) is 6.67. The Kier molecular flexibility index (Phi) is 5.26. The van der Waals surface area contributed by atoms with Crippen LogP contribution < -0.4 is 5.73 Å². The van der Waals surface area contributed by atoms with E-state index in [-0.39, 0.29) is 18.6 Å². The summed E-state index contributed by atoms with van der Waals surface area (Å²) in [6.07, 6.45) is 5.53. The topological polar surface area (TPSA) is 66.6 Å². The molecule has 110 valence electrons. The van der Waals surface area contributed by atoms with E-state index < -0.39 is 0 Å². The normalized spacial score (nSPS) is 16.1. The SMILES string of the molecule is Nc1ccc(C(=O)N(CCO)C2CCCCC2)cc1Cl. The molecule has 0 aromatic heterocycles. The van der Waals surface area contributed by atoms with Gasteiger partial charge in [-0.3, -0.25) is 4.79 Å². The van der Waals surface area contributed by atoms with Gasteiger partial charge in [0.25, 0.3) is 5.91 Å². The van der Waals surface area contributed by atoms with Crippen LogP contribution in [-0.4, -0.2) is 35.1 Å². The van der Waals surface area contributed by atoms with Gasteiger partial charge in [0.05, 0.1) is 17.3 Å². The molecule has 2 rings (SSSR count). The van der Waals surface area contributed by atoms with Crippen molar-refractivity contribution in [2.24, 2.45) is 0 Å². The third-order valence-electron chi connectivity index (χ3n) is 3.86. The molecule has 0 bridgehead atoms. The van der Waals surface area contributed by atoms with Crippen molar-refractivity contribution < 1.29 is 9.90 Å². The molecule has 0 radical (unpaired) electrons. The molecule has 1 amide bonds. The Morgan fingerprint density at radius 2 is 2.05 bits per heavy atom. The first-order valence-electron chi connectivity index (χ1n) is 7.10. The summed E-state index contributed by atoms with van der Waals surface area (Å²) < 4.78 is 0. The van der Waals surface area contributed by atoms with Gasteiger partial charge in [-0.25, -0.2) is 0 Å². The molecule has 0 atom stereocenters. The average Bonchev–Trinajstić information content (AvgIpc) is 2.48. The van der Waals surface area contributed by atoms with Gasteiger partial charge in [-0.2, -0.15) is 0 Å². The van der Waals surface area contributed by atoms with Gasteiger partial charge in [0.15, 0.2) is 0 Å². The van der Waals surface area contributed by atoms with E-state index >= 15 is 0 Å². The van der Waals surface area contributed by atoms with Gasteiger partial charge < -0.3 is 15.7 Å². The van der Waals surface area contributed by atoms with Crippen LogP contribution >= 0.6 is 11.6 Å². The zero-order valence-corrected chi connectivity index (χ0v) is 12.3. The molecule has 20 heavy (non-hydrogen) atoms. The van der Waals surface area contributed by atoms with Crippen molar-refractivity contribution in [1.29, 1.82) is 0 Å². The Morgan fingerprint density at radius 3 is 2.65 bits per heavy atom. The number of nitrogen functional groups attached to an aromatic ring is 1. The van der Waals surface area contributed by atoms with E-state index in [1.54, 1.807) is 23.1 Å². The minimum absolute atomic E-state index is 0.0229. The van der Waals surface area contributed by atoms with Gasteiger partial charge in [-0.15, -0.1) is 0 Å². The molecule has 0 heterocycles. The lowest BCUT2D eigenvalue weighted by molar-refractivity contribution is 0.0585. The molecule has 0 spiro atoms. The number of amides is 1. The van der Waals surface area contributed by atoms with Crippen LogP contribution in [0.3, 0.4) is 0 Å². The van der Waals surface area contributed by atoms with E-state index in [4.69, 9.17) is 17.3 Å². The predicted molar refractivity (Wildman–Crippen MR) is 80.9 cm³/mol. The molecule has 1 saturated carbocycles. The lowest BCUT2D eigenvalue weighted by atomic mass is 9.93. The van der Waals surface area contributed by atoms with Crippen LogP contribution in [-0.2, 0) is 0 Å². The number of nitrogens with zero attached hydrogens (tertiary/aromatic N) is 1. The summed E-state index contributed by atoms with van der Waals surface area (Å²) in [4.78, 5) is 14.4. The Hall–Kier alpha value is -1.26. The monoisotopic (exact) mass is 296 g/mol. The van der Waals surface area contributed by atoms with Crippen molar-refractivity contribution >= 4 is 23.2 Å². The molecule has 5 heteroatoms. The maximum atomic E-state index is 12.6. The number of aliphatic hydroxyl groups is 1. The molecule has 0 unspecified atom stereocenters. The number of hydrogen-bond donors (Lipinski definition) is 2. The standard InChI is InChI=1S/C15H21ClN2O2/c16-13-10-11(6-7-14(13)17)15(20)18(8-9-19)12-4-2-1-3-5-12/h6-7,10,12,19H,1-5,8-9,17H2. The number of halogens is 1. The number of rotatable bonds is 4. The van der Waals surface area contributed by atoms with Gasteiger partial charge in [-0.1, -0.05) is 30.9 Å². The first-order valence-corrected chi connectivity index (χ1v) is 7.48. The maximum Gasteiger partial charge on any atom is 0.254 e. The lowest BCUT2D eigenvalue weighted by Crippen LogP contribution is -2.43. The third-order valence-corrected chi connectivity index (χ3v) is 4.19. The zero-order chi connectivity index (χ0) is 14.5. The largest absolute Gasteiger partial charge is 0.398 e. The Bertz CT molecular complexity index is 473. The summed E-state index contributed by atoms with van der Waals surface area (Å²) in [5, 5.41) is 9.61. The van der Waals surface area contributed by atoms with Gasteiger partial charge in [-0.05, 0) is 31.0 Å². The molecule has 0 saturated heterocycles. The number of carbonyl (C=O) groups is 1. The van der Waals surface area contributed by atoms with Crippen LogP contribution in [0, 0.1) is 0 Å². The fourth-order valence-corrected chi connectivity index (χ4v) is 2.96. The van der Waals surface area contributed by atoms with Crippen LogP contribution in [0.15, 0.2) is 18.2 Å². The number of nitrogens with two attached hydrogens (primary N) is 1. The second-order valence-corrected chi connectivity index (χ2v) is 5.66. The lowest BCUT2D eigenvalue weighted by Gasteiger charge is -2.34. The van der Waals surface area contributed by atoms with E-state index in [1.165, 1.54) is 6.42 Å². The van der Waals surface area contributed by atoms with Crippen LogP contribution in [0.2, 0.25) is 5.02 Å². The van der Waals surface area contributed by atoms with Gasteiger partial charge in [0.2, 0.25) is 0 Å². The average molecular weight is 297 g/mol. The van der Waals surface area contributed by atoms with Crippen LogP contribution in [0.25, 0.3) is 0 Å². The second-order valence-electron chi connectivity index (χ2n) is 5.25. The van der Waals surface area contributed by atoms with E-state index in [2.05, 4.69) is 0 Å². The molecule has 3 N–H and O–H groups in total. The van der Waals surface area contributed by atoms with E-state index in [1.807, 2.05) is 0 Å². The van der Waals surface area contributed by atoms with Crippen LogP contribution in [0.1, 0.15) is 42.5 Å². The fourth-order valence-electron chi connectivity index (χ4n) is 2.78. The van der Waals surface area contributed by atoms with Gasteiger partial charge in [0, 0.05) is 18.2 Å². The molecule has 4 nitrogen and oxygen atoms in total. The summed E-state index contributed by atoms with van der Waals surface area (Å²) in [6.45, 7) is 0.344. The fraction of sp³-hybridized carbons (Fsp3) is 0.533. The number of benzene rings is 1. The van der Waals surface area contributed by atoms with Crippen molar-refractivity contribution in [3.8, 4) is 0 Å². The molecule has 1 aliphatic carbocycles. The third kappa shape index (κ3) is 3.44. The summed E-state index contributed by atoms with van der Waals surface area (Å²) >= 11 is 5.98. The molecular formula is C15H21ClN2O2. The molecule has 1 aliphatic rings. The number of carbonyl (C=O) groups excluding carboxylic acids is 1. The van der Waals surface area contributed by atoms with Gasteiger partial charge >= 0.3 is 0 Å². The molecule has 1 aromatic carbocycles. The highest BCUT2D eigenvalue weighted by molar-refractivity contribution is 6.33. The highest BCUT2D eigenvalue weighted by Gasteiger charge is 2.26. The first kappa shape index (κ1) is 15.1. The summed E-state index contributed by atoms with van der Waals surface area (Å²) in [5.74, 6) is -0.0761. The number of anilines is 1. The second kappa shape index (κ2) is 6.95. The van der Waals surface area contributed by atoms with Crippen molar-refractivity contribution in [3.63, 3.8) is 0 Å². The molecule has 1 fully saturated rings. The maximum absolute atomic E-state index is 12.6. The van der Waals surface area contributed by atoms with E-state index in [0.717, 1.165) is 25.7 Å². The summed E-state index contributed by atoms with van der Waals surface area (Å²) in [6, 6.07) is 5.16. The smallest absolute Gasteiger partial charge is 0.254 e. The number of aliphatic hydroxyl groups excluding tert-OH is 1. The molecule has 1 aromatic rings. The van der Waals surface area contributed by atoms with E-state index in [0.29, 0.717) is 22.8 Å². The first-order chi connectivity index (χ1) is 9.63. The number of hydrogen-bond acceptors (Lipinski definition) is 3. The highest BCUT2D eigenvalue weighted by atomic mass is 35.5. The van der Waals surface area contributed by atoms with Crippen LogP contribution in [0.5, 0.6) is 0 Å². The van der Waals surface area contributed by atoms with Gasteiger partial charge in [0.1, 0.15) is 0 Å². The Balaban J connectivity index is 2.18. The van der Waals surface area contributed by atoms with Crippen LogP contribution in [0.4, 0.5) is 5.69 Å².